The van der Waals surface area contributed by atoms with E-state index in [0.717, 1.165) is 6.54 Å². The molecule has 3 nitrogen and oxygen atoms in total. The molecule has 1 aromatic carbocycles. The number of carbonyl (C=O) groups is 1. The van der Waals surface area contributed by atoms with E-state index in [1.807, 2.05) is 24.3 Å². The second kappa shape index (κ2) is 8.02. The van der Waals surface area contributed by atoms with Gasteiger partial charge in [0.05, 0.1) is 13.6 Å². The summed E-state index contributed by atoms with van der Waals surface area (Å²) in [5.74, 6) is -0.272. The molecule has 0 unspecified atom stereocenters. The molecule has 1 rings (SSSR count). The quantitative estimate of drug-likeness (QED) is 0.439. The molecule has 0 aromatic heterocycles. The number of esters is 1. The molecule has 1 aromatic rings. The smallest absolute Gasteiger partial charge is 0.338 e. The number of hydrogen-bond acceptors (Lipinski definition) is 3. The molecular weight excluding hydrogens is 266 g/mol. The normalized spacial score (nSPS) is 12.1. The molecule has 0 fully saturated rings. The van der Waals surface area contributed by atoms with E-state index in [1.54, 1.807) is 12.1 Å². The fourth-order valence-electron chi connectivity index (χ4n) is 1.98. The van der Waals surface area contributed by atoms with Gasteiger partial charge < -0.3 is 9.64 Å². The molecule has 0 amide bonds. The summed E-state index contributed by atoms with van der Waals surface area (Å²) in [5.41, 5.74) is 0.594. The Bertz CT molecular complexity index is 438. The van der Waals surface area contributed by atoms with Crippen LogP contribution >= 0.6 is 0 Å². The summed E-state index contributed by atoms with van der Waals surface area (Å²) in [5, 5.41) is 0. The number of ether oxygens (including phenoxy) is 1. The third-order valence-electron chi connectivity index (χ3n) is 2.65. The van der Waals surface area contributed by atoms with E-state index in [4.69, 9.17) is 4.74 Å². The fourth-order valence-corrected chi connectivity index (χ4v) is 3.73. The summed E-state index contributed by atoms with van der Waals surface area (Å²) >= 11 is 0. The van der Waals surface area contributed by atoms with Gasteiger partial charge in [0.15, 0.2) is 0 Å². The van der Waals surface area contributed by atoms with Crippen LogP contribution < -0.4 is 0 Å². The van der Waals surface area contributed by atoms with Gasteiger partial charge in [-0.05, 0) is 31.4 Å². The van der Waals surface area contributed by atoms with Crippen LogP contribution in [0.3, 0.4) is 0 Å². The number of rotatable bonds is 7. The molecule has 0 aliphatic carbocycles. The van der Waals surface area contributed by atoms with Gasteiger partial charge in [0.1, 0.15) is 6.61 Å². The highest BCUT2D eigenvalue weighted by Gasteiger charge is 2.14. The van der Waals surface area contributed by atoms with E-state index in [-0.39, 0.29) is 5.97 Å². The maximum atomic E-state index is 11.7. The van der Waals surface area contributed by atoms with Gasteiger partial charge in [-0.2, -0.15) is 0 Å². The first kappa shape index (κ1) is 16.7. The van der Waals surface area contributed by atoms with E-state index in [2.05, 4.69) is 37.7 Å². The average molecular weight is 291 g/mol. The number of likely N-dealkylation sites (N-methyl/N-ethyl adjacent to an activating group) is 1. The summed E-state index contributed by atoms with van der Waals surface area (Å²) in [6.45, 7) is 8.29. The zero-order valence-corrected chi connectivity index (χ0v) is 13.9. The molecule has 4 heteroatoms. The lowest BCUT2D eigenvalue weighted by Crippen LogP contribution is -2.38. The van der Waals surface area contributed by atoms with Crippen molar-refractivity contribution in [2.45, 2.75) is 19.6 Å². The Hall–Kier alpha value is -1.39. The van der Waals surface area contributed by atoms with Crippen molar-refractivity contribution in [3.8, 4) is 0 Å². The first-order valence-corrected chi connectivity index (χ1v) is 10.6. The molecule has 0 atom stereocenters. The highest BCUT2D eigenvalue weighted by molar-refractivity contribution is 6.76. The summed E-state index contributed by atoms with van der Waals surface area (Å²) < 4.78 is 5.18. The fraction of sp³-hybridized carbons (Fsp3) is 0.438. The molecule has 0 spiro atoms. The Labute approximate surface area is 123 Å². The lowest BCUT2D eigenvalue weighted by atomic mass is 10.2. The summed E-state index contributed by atoms with van der Waals surface area (Å²) in [6.07, 6.45) is 5.13. The maximum Gasteiger partial charge on any atom is 0.338 e. The third-order valence-corrected chi connectivity index (χ3v) is 4.14. The first-order chi connectivity index (χ1) is 9.38. The van der Waals surface area contributed by atoms with Crippen molar-refractivity contribution in [1.82, 2.24) is 4.90 Å². The van der Waals surface area contributed by atoms with Gasteiger partial charge in [0.25, 0.3) is 0 Å². The minimum Gasteiger partial charge on any atom is -0.458 e. The Balaban J connectivity index is 2.24. The maximum absolute atomic E-state index is 11.7. The van der Waals surface area contributed by atoms with Crippen molar-refractivity contribution in [3.05, 3.63) is 48.0 Å². The molecule has 110 valence electrons. The Kier molecular flexibility index (Phi) is 6.68. The number of carbonyl (C=O) groups excluding carboxylic acids is 1. The van der Waals surface area contributed by atoms with E-state index < -0.39 is 8.07 Å². The van der Waals surface area contributed by atoms with Gasteiger partial charge in [-0.3, -0.25) is 0 Å². The molecular formula is C16H25NO2Si. The minimum atomic E-state index is -1.04. The van der Waals surface area contributed by atoms with Crippen LogP contribution in [-0.2, 0) is 4.74 Å². The summed E-state index contributed by atoms with van der Waals surface area (Å²) in [4.78, 5) is 14.0. The van der Waals surface area contributed by atoms with Gasteiger partial charge in [-0.15, -0.1) is 0 Å². The minimum absolute atomic E-state index is 0.272. The van der Waals surface area contributed by atoms with Gasteiger partial charge in [0.2, 0.25) is 0 Å². The molecule has 0 aliphatic rings. The van der Waals surface area contributed by atoms with Crippen LogP contribution in [-0.4, -0.2) is 45.3 Å². The third kappa shape index (κ3) is 7.26. The molecule has 0 saturated carbocycles. The van der Waals surface area contributed by atoms with Gasteiger partial charge >= 0.3 is 5.97 Å². The monoisotopic (exact) mass is 291 g/mol. The Morgan fingerprint density at radius 3 is 2.45 bits per heavy atom. The van der Waals surface area contributed by atoms with Crippen LogP contribution in [0.25, 0.3) is 0 Å². The molecule has 0 N–H and O–H groups in total. The second-order valence-electron chi connectivity index (χ2n) is 6.19. The van der Waals surface area contributed by atoms with E-state index >= 15 is 0 Å². The standard InChI is InChI=1S/C16H25NO2Si/c1-17(14-20(2,3)4)12-8-9-13-19-16(18)15-10-6-5-7-11-15/h5-11H,12-14H2,1-4H3/b9-8+. The van der Waals surface area contributed by atoms with Gasteiger partial charge in [0, 0.05) is 6.54 Å². The van der Waals surface area contributed by atoms with Crippen LogP contribution in [0.15, 0.2) is 42.5 Å². The topological polar surface area (TPSA) is 29.5 Å². The van der Waals surface area contributed by atoms with Crippen LogP contribution in [0.5, 0.6) is 0 Å². The SMILES string of the molecule is CN(C/C=C/COC(=O)c1ccccc1)C[Si](C)(C)C. The summed E-state index contributed by atoms with van der Waals surface area (Å²) in [7, 11) is 1.08. The van der Waals surface area contributed by atoms with Crippen molar-refractivity contribution >= 4 is 14.0 Å². The molecule has 0 saturated heterocycles. The Morgan fingerprint density at radius 1 is 1.20 bits per heavy atom. The highest BCUT2D eigenvalue weighted by atomic mass is 28.3. The molecule has 0 aliphatic heterocycles. The number of benzene rings is 1. The zero-order chi connectivity index (χ0) is 15.0. The Morgan fingerprint density at radius 2 is 1.85 bits per heavy atom. The molecule has 20 heavy (non-hydrogen) atoms. The van der Waals surface area contributed by atoms with Gasteiger partial charge in [-0.25, -0.2) is 4.79 Å². The lowest BCUT2D eigenvalue weighted by Gasteiger charge is -2.23. The molecule has 0 heterocycles. The number of nitrogens with zero attached hydrogens (tertiary/aromatic N) is 1. The lowest BCUT2D eigenvalue weighted by molar-refractivity contribution is 0.0549. The van der Waals surface area contributed by atoms with E-state index in [1.165, 1.54) is 6.17 Å². The van der Waals surface area contributed by atoms with Crippen molar-refractivity contribution in [2.24, 2.45) is 0 Å². The van der Waals surface area contributed by atoms with Crippen LogP contribution in [0.1, 0.15) is 10.4 Å². The zero-order valence-electron chi connectivity index (χ0n) is 12.9. The predicted octanol–water partition coefficient (Wildman–Crippen LogP) is 3.21. The predicted molar refractivity (Wildman–Crippen MR) is 86.7 cm³/mol. The second-order valence-corrected chi connectivity index (χ2v) is 11.6. The van der Waals surface area contributed by atoms with Crippen molar-refractivity contribution in [3.63, 3.8) is 0 Å². The van der Waals surface area contributed by atoms with Crippen molar-refractivity contribution in [1.29, 1.82) is 0 Å². The van der Waals surface area contributed by atoms with E-state index in [9.17, 15) is 4.79 Å². The number of hydrogen-bond donors (Lipinski definition) is 0. The van der Waals surface area contributed by atoms with E-state index in [0.29, 0.717) is 12.2 Å². The van der Waals surface area contributed by atoms with Crippen LogP contribution in [0.2, 0.25) is 19.6 Å². The average Bonchev–Trinajstić information content (AvgIpc) is 2.37. The van der Waals surface area contributed by atoms with Crippen molar-refractivity contribution in [2.75, 3.05) is 26.4 Å². The van der Waals surface area contributed by atoms with Crippen LogP contribution in [0, 0.1) is 0 Å². The molecule has 0 radical (unpaired) electrons. The molecule has 0 bridgehead atoms. The van der Waals surface area contributed by atoms with Crippen molar-refractivity contribution < 1.29 is 9.53 Å². The van der Waals surface area contributed by atoms with Crippen LogP contribution in [0.4, 0.5) is 0 Å². The highest BCUT2D eigenvalue weighted by Crippen LogP contribution is 2.03. The first-order valence-electron chi connectivity index (χ1n) is 6.94. The summed E-state index contributed by atoms with van der Waals surface area (Å²) in [6, 6.07) is 9.06. The largest absolute Gasteiger partial charge is 0.458 e. The van der Waals surface area contributed by atoms with Gasteiger partial charge in [-0.1, -0.05) is 43.9 Å².